The lowest BCUT2D eigenvalue weighted by Crippen LogP contribution is -2.13. The smallest absolute Gasteiger partial charge is 0.0719 e. The molecule has 7 rings (SSSR count). The Morgan fingerprint density at radius 1 is 0.677 bits per heavy atom. The molecule has 2 aromatic heterocycles. The van der Waals surface area contributed by atoms with Crippen LogP contribution in [0.5, 0.6) is 0 Å². The lowest BCUT2D eigenvalue weighted by molar-refractivity contribution is 0.674. The molecule has 4 aromatic carbocycles. The van der Waals surface area contributed by atoms with Crippen molar-refractivity contribution in [3.63, 3.8) is 0 Å². The molecule has 0 unspecified atom stereocenters. The Kier molecular flexibility index (Phi) is 3.28. The van der Waals surface area contributed by atoms with Gasteiger partial charge in [-0.1, -0.05) is 86.6 Å². The lowest BCUT2D eigenvalue weighted by Gasteiger charge is -2.19. The molecule has 0 aliphatic heterocycles. The largest absolute Gasteiger partial charge is 0.308 e. The second kappa shape index (κ2) is 5.87. The number of fused-ring (bicyclic) bond motifs is 9. The summed E-state index contributed by atoms with van der Waals surface area (Å²) in [4.78, 5) is 1.49. The van der Waals surface area contributed by atoms with Crippen LogP contribution in [0.25, 0.3) is 48.7 Å². The Hall–Kier alpha value is -3.36. The first-order valence-electron chi connectivity index (χ1n) is 10.8. The SMILES string of the molecule is CC1(C)c2ccccc2-c2c1sc1c2ccc2c3ccccc3n(-c3ccccc3)c21. The molecule has 31 heavy (non-hydrogen) atoms. The average molecular weight is 416 g/mol. The third kappa shape index (κ3) is 2.11. The molecule has 0 amide bonds. The van der Waals surface area contributed by atoms with Gasteiger partial charge in [-0.2, -0.15) is 0 Å². The van der Waals surface area contributed by atoms with Gasteiger partial charge in [0.25, 0.3) is 0 Å². The Labute approximate surface area is 185 Å². The molecule has 0 radical (unpaired) electrons. The van der Waals surface area contributed by atoms with Gasteiger partial charge in [0.15, 0.2) is 0 Å². The molecule has 0 saturated carbocycles. The maximum absolute atomic E-state index is 2.46. The van der Waals surface area contributed by atoms with Crippen molar-refractivity contribution in [1.82, 2.24) is 4.57 Å². The predicted molar refractivity (Wildman–Crippen MR) is 134 cm³/mol. The topological polar surface area (TPSA) is 4.93 Å². The van der Waals surface area contributed by atoms with Crippen LogP contribution in [0, 0.1) is 0 Å². The average Bonchev–Trinajstić information content (AvgIpc) is 3.42. The summed E-state index contributed by atoms with van der Waals surface area (Å²) in [5, 5.41) is 4.03. The van der Waals surface area contributed by atoms with Gasteiger partial charge >= 0.3 is 0 Å². The van der Waals surface area contributed by atoms with Gasteiger partial charge in [0.1, 0.15) is 0 Å². The molecule has 1 nitrogen and oxygen atoms in total. The van der Waals surface area contributed by atoms with Crippen LogP contribution in [-0.4, -0.2) is 4.57 Å². The fraction of sp³-hybridized carbons (Fsp3) is 0.103. The summed E-state index contributed by atoms with van der Waals surface area (Å²) in [5.74, 6) is 0. The highest BCUT2D eigenvalue weighted by Crippen LogP contribution is 2.56. The molecule has 0 bridgehead atoms. The normalized spacial score (nSPS) is 14.4. The second-order valence-electron chi connectivity index (χ2n) is 9.00. The van der Waals surface area contributed by atoms with Gasteiger partial charge in [-0.3, -0.25) is 0 Å². The first-order valence-corrected chi connectivity index (χ1v) is 11.6. The monoisotopic (exact) mass is 415 g/mol. The van der Waals surface area contributed by atoms with E-state index in [1.54, 1.807) is 0 Å². The Balaban J connectivity index is 1.70. The molecule has 1 aliphatic rings. The van der Waals surface area contributed by atoms with E-state index in [1.165, 1.54) is 59.1 Å². The van der Waals surface area contributed by atoms with Crippen LogP contribution >= 0.6 is 11.3 Å². The van der Waals surface area contributed by atoms with Crippen molar-refractivity contribution in [2.24, 2.45) is 0 Å². The van der Waals surface area contributed by atoms with E-state index in [9.17, 15) is 0 Å². The van der Waals surface area contributed by atoms with E-state index in [0.717, 1.165) is 0 Å². The Bertz CT molecular complexity index is 1650. The number of benzene rings is 4. The van der Waals surface area contributed by atoms with Gasteiger partial charge in [0, 0.05) is 37.7 Å². The van der Waals surface area contributed by atoms with Crippen molar-refractivity contribution in [1.29, 1.82) is 0 Å². The molecule has 1 aliphatic carbocycles. The molecular formula is C29H21NS. The van der Waals surface area contributed by atoms with Gasteiger partial charge in [0.2, 0.25) is 0 Å². The summed E-state index contributed by atoms with van der Waals surface area (Å²) < 4.78 is 3.85. The highest BCUT2D eigenvalue weighted by molar-refractivity contribution is 7.21. The van der Waals surface area contributed by atoms with E-state index in [1.807, 2.05) is 11.3 Å². The molecule has 2 heteroatoms. The summed E-state index contributed by atoms with van der Waals surface area (Å²) in [6, 6.07) is 33.2. The highest BCUT2D eigenvalue weighted by atomic mass is 32.1. The van der Waals surface area contributed by atoms with Gasteiger partial charge < -0.3 is 4.57 Å². The van der Waals surface area contributed by atoms with Crippen molar-refractivity contribution >= 4 is 43.2 Å². The van der Waals surface area contributed by atoms with Crippen LogP contribution in [0.4, 0.5) is 0 Å². The first-order chi connectivity index (χ1) is 15.2. The zero-order valence-corrected chi connectivity index (χ0v) is 18.3. The standard InChI is InChI=1S/C29H21NS/c1-29(2)23-14-8-6-13-21(23)25-22-17-16-20-19-12-7-9-15-24(19)30(18-10-4-3-5-11-18)26(20)27(22)31-28(25)29/h3-17H,1-2H3. The third-order valence-corrected chi connectivity index (χ3v) is 8.48. The minimum absolute atomic E-state index is 0.0333. The fourth-order valence-corrected chi connectivity index (χ4v) is 6.99. The summed E-state index contributed by atoms with van der Waals surface area (Å²) in [6.45, 7) is 4.74. The minimum Gasteiger partial charge on any atom is -0.308 e. The van der Waals surface area contributed by atoms with Crippen molar-refractivity contribution in [3.05, 3.63) is 101 Å². The number of rotatable bonds is 1. The molecule has 2 heterocycles. The maximum atomic E-state index is 2.46. The van der Waals surface area contributed by atoms with Gasteiger partial charge in [-0.15, -0.1) is 11.3 Å². The van der Waals surface area contributed by atoms with Crippen molar-refractivity contribution in [2.45, 2.75) is 19.3 Å². The maximum Gasteiger partial charge on any atom is 0.0719 e. The van der Waals surface area contributed by atoms with Crippen LogP contribution in [0.15, 0.2) is 91.0 Å². The zero-order chi connectivity index (χ0) is 20.7. The van der Waals surface area contributed by atoms with E-state index in [4.69, 9.17) is 0 Å². The fourth-order valence-electron chi connectivity index (χ4n) is 5.52. The van der Waals surface area contributed by atoms with E-state index in [0.29, 0.717) is 0 Å². The number of aromatic nitrogens is 1. The van der Waals surface area contributed by atoms with Gasteiger partial charge in [-0.05, 0) is 29.3 Å². The van der Waals surface area contributed by atoms with Crippen LogP contribution in [0.1, 0.15) is 24.3 Å². The minimum atomic E-state index is 0.0333. The highest BCUT2D eigenvalue weighted by Gasteiger charge is 2.38. The van der Waals surface area contributed by atoms with Crippen LogP contribution in [0.3, 0.4) is 0 Å². The lowest BCUT2D eigenvalue weighted by atomic mass is 9.87. The molecule has 6 aromatic rings. The first kappa shape index (κ1) is 17.3. The third-order valence-electron chi connectivity index (χ3n) is 6.94. The quantitative estimate of drug-likeness (QED) is 0.254. The Morgan fingerprint density at radius 2 is 1.39 bits per heavy atom. The number of thiophene rings is 1. The predicted octanol–water partition coefficient (Wildman–Crippen LogP) is 8.30. The molecule has 0 N–H and O–H groups in total. The second-order valence-corrected chi connectivity index (χ2v) is 10.0. The molecule has 0 fully saturated rings. The van der Waals surface area contributed by atoms with Crippen LogP contribution in [-0.2, 0) is 5.41 Å². The van der Waals surface area contributed by atoms with E-state index in [-0.39, 0.29) is 5.41 Å². The van der Waals surface area contributed by atoms with Gasteiger partial charge in [0.05, 0.1) is 15.7 Å². The number of hydrogen-bond donors (Lipinski definition) is 0. The molecule has 0 saturated heterocycles. The molecule has 148 valence electrons. The van der Waals surface area contributed by atoms with Gasteiger partial charge in [-0.25, -0.2) is 0 Å². The van der Waals surface area contributed by atoms with Crippen LogP contribution < -0.4 is 0 Å². The summed E-state index contributed by atoms with van der Waals surface area (Å²) >= 11 is 1.98. The zero-order valence-electron chi connectivity index (χ0n) is 17.5. The van der Waals surface area contributed by atoms with Crippen LogP contribution in [0.2, 0.25) is 0 Å². The van der Waals surface area contributed by atoms with Crippen molar-refractivity contribution in [3.8, 4) is 16.8 Å². The number of nitrogens with zero attached hydrogens (tertiary/aromatic N) is 1. The summed E-state index contributed by atoms with van der Waals surface area (Å²) in [5.41, 5.74) is 8.13. The van der Waals surface area contributed by atoms with E-state index >= 15 is 0 Å². The number of para-hydroxylation sites is 2. The van der Waals surface area contributed by atoms with E-state index in [2.05, 4.69) is 109 Å². The summed E-state index contributed by atoms with van der Waals surface area (Å²) in [7, 11) is 0. The Morgan fingerprint density at radius 3 is 2.26 bits per heavy atom. The summed E-state index contributed by atoms with van der Waals surface area (Å²) in [6.07, 6.45) is 0. The number of hydrogen-bond acceptors (Lipinski definition) is 1. The molecule has 0 atom stereocenters. The molecular weight excluding hydrogens is 394 g/mol. The van der Waals surface area contributed by atoms with Crippen molar-refractivity contribution < 1.29 is 0 Å². The van der Waals surface area contributed by atoms with E-state index < -0.39 is 0 Å². The molecule has 0 spiro atoms. The van der Waals surface area contributed by atoms with Crippen molar-refractivity contribution in [2.75, 3.05) is 0 Å².